The molecule has 1 amide bonds. The molecule has 0 aliphatic carbocycles. The highest BCUT2D eigenvalue weighted by Gasteiger charge is 2.20. The van der Waals surface area contributed by atoms with Crippen molar-refractivity contribution in [2.75, 3.05) is 14.1 Å². The minimum Gasteiger partial charge on any atom is -0.344 e. The second-order valence-electron chi connectivity index (χ2n) is 6.70. The van der Waals surface area contributed by atoms with E-state index >= 15 is 0 Å². The SMILES string of the molecule is C[C@H](NC(=O)c1cc2cc(S(=O)(=O)N(C)C)ccc2n1C)c1ccccc1. The molecule has 0 aliphatic heterocycles. The average molecular weight is 385 g/mol. The van der Waals surface area contributed by atoms with Crippen LogP contribution in [0.3, 0.4) is 0 Å². The predicted octanol–water partition coefficient (Wildman–Crippen LogP) is 2.92. The number of nitrogens with one attached hydrogen (secondary N) is 1. The Hall–Kier alpha value is -2.64. The summed E-state index contributed by atoms with van der Waals surface area (Å²) in [5.41, 5.74) is 2.29. The van der Waals surface area contributed by atoms with Crippen LogP contribution in [0.2, 0.25) is 0 Å². The van der Waals surface area contributed by atoms with Crippen molar-refractivity contribution in [3.05, 3.63) is 65.9 Å². The molecule has 7 heteroatoms. The van der Waals surface area contributed by atoms with E-state index in [1.54, 1.807) is 35.9 Å². The summed E-state index contributed by atoms with van der Waals surface area (Å²) in [6, 6.07) is 16.2. The molecule has 1 aromatic heterocycles. The van der Waals surface area contributed by atoms with E-state index in [0.29, 0.717) is 11.1 Å². The van der Waals surface area contributed by atoms with Crippen molar-refractivity contribution in [3.8, 4) is 0 Å². The fourth-order valence-corrected chi connectivity index (χ4v) is 3.95. The standard InChI is InChI=1S/C20H23N3O3S/c1-14(15-8-6-5-7-9-15)21-20(24)19-13-16-12-17(27(25,26)22(2)3)10-11-18(16)23(19)4/h5-14H,1-4H3,(H,21,24)/t14-/m0/s1. The molecule has 0 bridgehead atoms. The predicted molar refractivity (Wildman–Crippen MR) is 106 cm³/mol. The van der Waals surface area contributed by atoms with E-state index in [2.05, 4.69) is 5.32 Å². The third-order valence-electron chi connectivity index (χ3n) is 4.67. The summed E-state index contributed by atoms with van der Waals surface area (Å²) in [5.74, 6) is -0.206. The first-order valence-corrected chi connectivity index (χ1v) is 10.0. The number of hydrogen-bond acceptors (Lipinski definition) is 3. The number of carbonyl (C=O) groups is 1. The summed E-state index contributed by atoms with van der Waals surface area (Å²) in [4.78, 5) is 13.0. The molecule has 3 rings (SSSR count). The van der Waals surface area contributed by atoms with Crippen LogP contribution in [-0.2, 0) is 17.1 Å². The fourth-order valence-electron chi connectivity index (χ4n) is 3.01. The van der Waals surface area contributed by atoms with Gasteiger partial charge in [0.1, 0.15) is 5.69 Å². The van der Waals surface area contributed by atoms with Crippen LogP contribution in [0.25, 0.3) is 10.9 Å². The van der Waals surface area contributed by atoms with E-state index < -0.39 is 10.0 Å². The molecule has 142 valence electrons. The summed E-state index contributed by atoms with van der Waals surface area (Å²) < 4.78 is 27.6. The van der Waals surface area contributed by atoms with Crippen molar-refractivity contribution in [2.45, 2.75) is 17.9 Å². The first-order chi connectivity index (χ1) is 12.7. The van der Waals surface area contributed by atoms with Crippen molar-refractivity contribution < 1.29 is 13.2 Å². The van der Waals surface area contributed by atoms with Crippen LogP contribution in [0.1, 0.15) is 29.0 Å². The molecule has 0 aliphatic rings. The molecule has 0 radical (unpaired) electrons. The molecule has 0 fully saturated rings. The van der Waals surface area contributed by atoms with Gasteiger partial charge in [0, 0.05) is 32.0 Å². The average Bonchev–Trinajstić information content (AvgIpc) is 2.98. The van der Waals surface area contributed by atoms with E-state index in [0.717, 1.165) is 11.1 Å². The summed E-state index contributed by atoms with van der Waals surface area (Å²) in [7, 11) is 1.26. The third-order valence-corrected chi connectivity index (χ3v) is 6.48. The van der Waals surface area contributed by atoms with Crippen LogP contribution in [-0.4, -0.2) is 37.3 Å². The minimum atomic E-state index is -3.52. The zero-order chi connectivity index (χ0) is 19.8. The smallest absolute Gasteiger partial charge is 0.268 e. The summed E-state index contributed by atoms with van der Waals surface area (Å²) >= 11 is 0. The van der Waals surface area contributed by atoms with Gasteiger partial charge in [-0.2, -0.15) is 0 Å². The lowest BCUT2D eigenvalue weighted by molar-refractivity contribution is 0.0932. The van der Waals surface area contributed by atoms with Gasteiger partial charge in [-0.1, -0.05) is 30.3 Å². The topological polar surface area (TPSA) is 71.4 Å². The van der Waals surface area contributed by atoms with Crippen molar-refractivity contribution >= 4 is 26.8 Å². The van der Waals surface area contributed by atoms with Gasteiger partial charge < -0.3 is 9.88 Å². The number of aromatic nitrogens is 1. The molecular weight excluding hydrogens is 362 g/mol. The van der Waals surface area contributed by atoms with Gasteiger partial charge in [0.2, 0.25) is 10.0 Å². The number of sulfonamides is 1. The Kier molecular flexibility index (Phi) is 5.08. The Bertz CT molecular complexity index is 1090. The summed E-state index contributed by atoms with van der Waals surface area (Å²) in [6.45, 7) is 1.93. The van der Waals surface area contributed by atoms with Gasteiger partial charge in [0.25, 0.3) is 5.91 Å². The van der Waals surface area contributed by atoms with Gasteiger partial charge in [-0.15, -0.1) is 0 Å². The maximum Gasteiger partial charge on any atom is 0.268 e. The summed E-state index contributed by atoms with van der Waals surface area (Å²) in [6.07, 6.45) is 0. The molecule has 1 N–H and O–H groups in total. The van der Waals surface area contributed by atoms with Crippen LogP contribution in [0, 0.1) is 0 Å². The minimum absolute atomic E-state index is 0.138. The number of rotatable bonds is 5. The highest BCUT2D eigenvalue weighted by atomic mass is 32.2. The Balaban J connectivity index is 1.93. The van der Waals surface area contributed by atoms with Gasteiger partial charge in [-0.3, -0.25) is 4.79 Å². The molecule has 2 aromatic carbocycles. The fraction of sp³-hybridized carbons (Fsp3) is 0.250. The van der Waals surface area contributed by atoms with Gasteiger partial charge in [0.15, 0.2) is 0 Å². The monoisotopic (exact) mass is 385 g/mol. The van der Waals surface area contributed by atoms with Crippen molar-refractivity contribution in [2.24, 2.45) is 7.05 Å². The van der Waals surface area contributed by atoms with E-state index in [-0.39, 0.29) is 16.8 Å². The summed E-state index contributed by atoms with van der Waals surface area (Å²) in [5, 5.41) is 3.70. The zero-order valence-electron chi connectivity index (χ0n) is 15.8. The largest absolute Gasteiger partial charge is 0.344 e. The molecule has 6 nitrogen and oxygen atoms in total. The maximum atomic E-state index is 12.8. The van der Waals surface area contributed by atoms with E-state index in [4.69, 9.17) is 0 Å². The highest BCUT2D eigenvalue weighted by Crippen LogP contribution is 2.24. The molecule has 27 heavy (non-hydrogen) atoms. The molecular formula is C20H23N3O3S. The Labute approximate surface area is 159 Å². The van der Waals surface area contributed by atoms with Crippen molar-refractivity contribution in [1.29, 1.82) is 0 Å². The Morgan fingerprint density at radius 2 is 1.74 bits per heavy atom. The molecule has 0 saturated heterocycles. The lowest BCUT2D eigenvalue weighted by Crippen LogP contribution is -2.28. The number of hydrogen-bond donors (Lipinski definition) is 1. The van der Waals surface area contributed by atoms with Gasteiger partial charge in [-0.05, 0) is 36.8 Å². The van der Waals surface area contributed by atoms with Crippen molar-refractivity contribution in [1.82, 2.24) is 14.2 Å². The number of benzene rings is 2. The number of carbonyl (C=O) groups excluding carboxylic acids is 1. The quantitative estimate of drug-likeness (QED) is 0.734. The number of nitrogens with zero attached hydrogens (tertiary/aromatic N) is 2. The molecule has 0 spiro atoms. The van der Waals surface area contributed by atoms with Crippen molar-refractivity contribution in [3.63, 3.8) is 0 Å². The molecule has 0 unspecified atom stereocenters. The third kappa shape index (κ3) is 3.61. The number of fused-ring (bicyclic) bond motifs is 1. The van der Waals surface area contributed by atoms with Crippen LogP contribution in [0.5, 0.6) is 0 Å². The van der Waals surface area contributed by atoms with E-state index in [9.17, 15) is 13.2 Å². The molecule has 3 aromatic rings. The second-order valence-corrected chi connectivity index (χ2v) is 8.85. The van der Waals surface area contributed by atoms with Gasteiger partial charge in [0.05, 0.1) is 10.9 Å². The Morgan fingerprint density at radius 1 is 1.07 bits per heavy atom. The Morgan fingerprint density at radius 3 is 2.37 bits per heavy atom. The first kappa shape index (κ1) is 19.1. The lowest BCUT2D eigenvalue weighted by Gasteiger charge is -2.14. The molecule has 1 atom stereocenters. The second kappa shape index (κ2) is 7.17. The molecule has 1 heterocycles. The van der Waals surface area contributed by atoms with Crippen LogP contribution in [0.4, 0.5) is 0 Å². The van der Waals surface area contributed by atoms with Crippen LogP contribution < -0.4 is 5.32 Å². The van der Waals surface area contributed by atoms with Crippen LogP contribution in [0.15, 0.2) is 59.5 Å². The van der Waals surface area contributed by atoms with E-state index in [1.807, 2.05) is 37.3 Å². The zero-order valence-corrected chi connectivity index (χ0v) is 16.6. The molecule has 0 saturated carbocycles. The number of amides is 1. The first-order valence-electron chi connectivity index (χ1n) is 8.59. The van der Waals surface area contributed by atoms with E-state index in [1.165, 1.54) is 18.4 Å². The number of aryl methyl sites for hydroxylation is 1. The van der Waals surface area contributed by atoms with Gasteiger partial charge in [-0.25, -0.2) is 12.7 Å². The van der Waals surface area contributed by atoms with Gasteiger partial charge >= 0.3 is 0 Å². The maximum absolute atomic E-state index is 12.8. The highest BCUT2D eigenvalue weighted by molar-refractivity contribution is 7.89. The normalized spacial score (nSPS) is 13.1. The lowest BCUT2D eigenvalue weighted by atomic mass is 10.1. The van der Waals surface area contributed by atoms with Crippen LogP contribution >= 0.6 is 0 Å².